The zero-order chi connectivity index (χ0) is 43.1. The summed E-state index contributed by atoms with van der Waals surface area (Å²) in [5.41, 5.74) is -4.77. The van der Waals surface area contributed by atoms with Gasteiger partial charge in [-0.15, -0.1) is 0 Å². The van der Waals surface area contributed by atoms with Crippen LogP contribution in [0.15, 0.2) is 0 Å². The molecule has 340 valence electrons. The summed E-state index contributed by atoms with van der Waals surface area (Å²) in [4.78, 5) is 14.6. The second kappa shape index (κ2) is 16.7. The molecule has 3 aliphatic heterocycles. The number of fused-ring (bicyclic) bond motifs is 3. The van der Waals surface area contributed by atoms with Gasteiger partial charge in [0.05, 0.1) is 49.7 Å². The van der Waals surface area contributed by atoms with Gasteiger partial charge in [0, 0.05) is 17.3 Å². The van der Waals surface area contributed by atoms with Crippen LogP contribution in [0.25, 0.3) is 0 Å². The van der Waals surface area contributed by atoms with Crippen LogP contribution in [0, 0.1) is 34.0 Å². The monoisotopic (exact) mass is 854 g/mol. The van der Waals surface area contributed by atoms with Gasteiger partial charge in [-0.2, -0.15) is 0 Å². The lowest BCUT2D eigenvalue weighted by atomic mass is 9.39. The Labute approximate surface area is 339 Å². The minimum absolute atomic E-state index is 0.0880. The summed E-state index contributed by atoms with van der Waals surface area (Å²) >= 11 is 0. The van der Waals surface area contributed by atoms with Crippen molar-refractivity contribution < 1.29 is 105 Å². The molecular weight excluding hydrogens is 792 g/mol. The number of aliphatic hydroxyl groups excluding tert-OH is 13. The average Bonchev–Trinajstić information content (AvgIpc) is 3.43. The lowest BCUT2D eigenvalue weighted by molar-refractivity contribution is -0.364. The largest absolute Gasteiger partial charge is 0.432 e. The molecule has 1 spiro atoms. The van der Waals surface area contributed by atoms with Crippen molar-refractivity contribution in [3.05, 3.63) is 0 Å². The van der Waals surface area contributed by atoms with Gasteiger partial charge < -0.3 is 99.9 Å². The zero-order valence-corrected chi connectivity index (χ0v) is 32.9. The van der Waals surface area contributed by atoms with Crippen molar-refractivity contribution >= 4 is 5.97 Å². The quantitative estimate of drug-likeness (QED) is 0.0910. The Hall–Kier alpha value is -1.29. The molecule has 2 bridgehead atoms. The highest BCUT2D eigenvalue weighted by Gasteiger charge is 2.74. The van der Waals surface area contributed by atoms with Gasteiger partial charge >= 0.3 is 5.97 Å². The molecule has 4 saturated carbocycles. The van der Waals surface area contributed by atoms with Crippen LogP contribution < -0.4 is 0 Å². The van der Waals surface area contributed by atoms with Crippen molar-refractivity contribution in [2.45, 2.75) is 169 Å². The second-order valence-electron chi connectivity index (χ2n) is 18.6. The molecule has 4 aliphatic carbocycles. The topological polar surface area (TPSA) is 356 Å². The fraction of sp³-hybridized carbons (Fsp3) is 0.974. The number of esters is 1. The van der Waals surface area contributed by atoms with Gasteiger partial charge in [-0.25, -0.2) is 0 Å². The molecule has 59 heavy (non-hydrogen) atoms. The number of rotatable bonds is 10. The molecule has 0 aromatic rings. The molecule has 0 unspecified atom stereocenters. The molecule has 3 heterocycles. The third-order valence-corrected chi connectivity index (χ3v) is 15.4. The lowest BCUT2D eigenvalue weighted by Crippen LogP contribution is -2.70. The summed E-state index contributed by atoms with van der Waals surface area (Å²) < 4.78 is 34.2. The van der Waals surface area contributed by atoms with Crippen LogP contribution in [0.1, 0.15) is 58.8 Å². The fourth-order valence-electron chi connectivity index (χ4n) is 12.4. The molecular formula is C38H62O21. The van der Waals surface area contributed by atoms with E-state index in [0.29, 0.717) is 19.3 Å². The van der Waals surface area contributed by atoms with Gasteiger partial charge in [0.1, 0.15) is 67.1 Å². The highest BCUT2D eigenvalue weighted by molar-refractivity contribution is 5.77. The molecule has 0 aromatic heterocycles. The molecule has 0 radical (unpaired) electrons. The van der Waals surface area contributed by atoms with Crippen LogP contribution in [-0.4, -0.2) is 214 Å². The summed E-state index contributed by atoms with van der Waals surface area (Å²) in [5, 5.41) is 150. The smallest absolute Gasteiger partial charge is 0.314 e. The fourth-order valence-corrected chi connectivity index (χ4v) is 12.4. The first-order valence-electron chi connectivity index (χ1n) is 20.5. The van der Waals surface area contributed by atoms with Crippen molar-refractivity contribution in [2.75, 3.05) is 26.4 Å². The van der Waals surface area contributed by atoms with Crippen molar-refractivity contribution in [2.24, 2.45) is 34.0 Å². The third kappa shape index (κ3) is 7.28. The SMILES string of the molecule is C[C@@]12CCC[C@@](C)(C(=O)O[C@@H]3O[C@H](CO)[C@@H](O)[C@H](O)[C@H]3O[C@@H]3O[C@H](CO)[C@@H](O)[C@H](O)[C@H]3O)[C@H]1[C@H](O)[C@H](O)[C@]13C[C@H](CO[C@@H]4O[C@H](CO)[C@@H](O)[C@H](O)[C@H]4O)[C@](O)(CC[C@@H]21)C3. The maximum absolute atomic E-state index is 14.6. The number of ether oxygens (including phenoxy) is 6. The molecule has 14 N–H and O–H groups in total. The number of aliphatic hydroxyl groups is 14. The van der Waals surface area contributed by atoms with Crippen LogP contribution in [0.4, 0.5) is 0 Å². The standard InChI is InChI=1S/C38H62O21/c1-35-5-3-6-36(2,34(52)59-33-28(24(47)21(44)17(11-41)57-33)58-32-26(49)23(46)20(43)16(10-40)56-32)29(35)27(50)30(51)37-8-14(38(53,13-37)7-4-18(35)37)12-54-31-25(48)22(45)19(42)15(9-39)55-31/h14-33,39-51,53H,3-13H2,1-2H3/t14-,15-,16-,17-,18+,19-,20-,21-,22+,23+,24+,25-,26-,27+,28-,29+,30+,31-,32+,33+,35+,36-,37+,38+/m1/s1. The van der Waals surface area contributed by atoms with E-state index in [4.69, 9.17) is 28.4 Å². The van der Waals surface area contributed by atoms with Gasteiger partial charge in [0.15, 0.2) is 18.7 Å². The van der Waals surface area contributed by atoms with Crippen LogP contribution in [0.3, 0.4) is 0 Å². The normalized spacial score (nSPS) is 56.2. The Balaban J connectivity index is 1.11. The van der Waals surface area contributed by atoms with E-state index in [0.717, 1.165) is 0 Å². The molecule has 21 heteroatoms. The average molecular weight is 855 g/mol. The minimum Gasteiger partial charge on any atom is -0.432 e. The first-order valence-corrected chi connectivity index (χ1v) is 20.5. The Kier molecular flexibility index (Phi) is 12.9. The van der Waals surface area contributed by atoms with Crippen molar-refractivity contribution in [3.63, 3.8) is 0 Å². The summed E-state index contributed by atoms with van der Waals surface area (Å²) in [6.07, 6.45) is -26.1. The predicted octanol–water partition coefficient (Wildman–Crippen LogP) is -5.94. The van der Waals surface area contributed by atoms with Gasteiger partial charge in [-0.05, 0) is 56.8 Å². The molecule has 7 fully saturated rings. The Bertz CT molecular complexity index is 1490. The summed E-state index contributed by atoms with van der Waals surface area (Å²) in [7, 11) is 0. The van der Waals surface area contributed by atoms with E-state index < -0.39 is 164 Å². The van der Waals surface area contributed by atoms with Crippen molar-refractivity contribution in [3.8, 4) is 0 Å². The highest BCUT2D eigenvalue weighted by Crippen LogP contribution is 2.73. The molecule has 7 rings (SSSR count). The van der Waals surface area contributed by atoms with Gasteiger partial charge in [-0.3, -0.25) is 4.79 Å². The van der Waals surface area contributed by atoms with Crippen LogP contribution in [0.5, 0.6) is 0 Å². The Morgan fingerprint density at radius 2 is 1.20 bits per heavy atom. The van der Waals surface area contributed by atoms with E-state index in [1.807, 2.05) is 6.92 Å². The number of hydrogen-bond acceptors (Lipinski definition) is 21. The summed E-state index contributed by atoms with van der Waals surface area (Å²) in [6, 6.07) is 0. The van der Waals surface area contributed by atoms with Crippen molar-refractivity contribution in [1.82, 2.24) is 0 Å². The zero-order valence-electron chi connectivity index (χ0n) is 32.9. The van der Waals surface area contributed by atoms with E-state index in [1.165, 1.54) is 0 Å². The highest BCUT2D eigenvalue weighted by atomic mass is 16.8. The predicted molar refractivity (Wildman–Crippen MR) is 191 cm³/mol. The molecule has 21 nitrogen and oxygen atoms in total. The van der Waals surface area contributed by atoms with E-state index in [2.05, 4.69) is 0 Å². The molecule has 24 atom stereocenters. The van der Waals surface area contributed by atoms with E-state index >= 15 is 0 Å². The van der Waals surface area contributed by atoms with Crippen LogP contribution >= 0.6 is 0 Å². The van der Waals surface area contributed by atoms with Gasteiger partial charge in [-0.1, -0.05) is 13.3 Å². The van der Waals surface area contributed by atoms with Gasteiger partial charge in [0.2, 0.25) is 6.29 Å². The second-order valence-corrected chi connectivity index (χ2v) is 18.6. The maximum atomic E-state index is 14.6. The number of hydrogen-bond donors (Lipinski definition) is 14. The van der Waals surface area contributed by atoms with Crippen LogP contribution in [-0.2, 0) is 33.2 Å². The lowest BCUT2D eigenvalue weighted by Gasteiger charge is -2.66. The molecule has 0 aromatic carbocycles. The summed E-state index contributed by atoms with van der Waals surface area (Å²) in [5.74, 6) is -2.85. The first kappa shape index (κ1) is 45.7. The number of carbonyl (C=O) groups is 1. The molecule has 3 saturated heterocycles. The maximum Gasteiger partial charge on any atom is 0.314 e. The van der Waals surface area contributed by atoms with E-state index in [1.54, 1.807) is 6.92 Å². The molecule has 7 aliphatic rings. The van der Waals surface area contributed by atoms with Crippen molar-refractivity contribution in [1.29, 1.82) is 0 Å². The van der Waals surface area contributed by atoms with Gasteiger partial charge in [0.25, 0.3) is 0 Å². The third-order valence-electron chi connectivity index (χ3n) is 15.4. The van der Waals surface area contributed by atoms with E-state index in [-0.39, 0.29) is 38.2 Å². The minimum atomic E-state index is -1.94. The molecule has 0 amide bonds. The van der Waals surface area contributed by atoms with Crippen LogP contribution in [0.2, 0.25) is 0 Å². The Morgan fingerprint density at radius 3 is 1.80 bits per heavy atom. The van der Waals surface area contributed by atoms with E-state index in [9.17, 15) is 76.3 Å². The number of carbonyl (C=O) groups excluding carboxylic acids is 1. The first-order chi connectivity index (χ1) is 27.7. The Morgan fingerprint density at radius 1 is 0.661 bits per heavy atom. The summed E-state index contributed by atoms with van der Waals surface area (Å²) in [6.45, 7) is 1.05.